The molecule has 1 heterocycles. The highest BCUT2D eigenvalue weighted by Crippen LogP contribution is 2.15. The summed E-state index contributed by atoms with van der Waals surface area (Å²) < 4.78 is 0. The fourth-order valence-electron chi connectivity index (χ4n) is 2.13. The second-order valence-corrected chi connectivity index (χ2v) is 7.21. The molecule has 142 valence electrons. The van der Waals surface area contributed by atoms with Gasteiger partial charge in [-0.25, -0.2) is 4.99 Å². The van der Waals surface area contributed by atoms with Crippen molar-refractivity contribution in [2.45, 2.75) is 20.4 Å². The summed E-state index contributed by atoms with van der Waals surface area (Å²) in [5, 5.41) is 9.91. The molecule has 1 aromatic heterocycles. The molecule has 5 nitrogen and oxygen atoms in total. The van der Waals surface area contributed by atoms with E-state index in [1.807, 2.05) is 6.92 Å². The number of aliphatic imine (C=N–C) groups is 1. The zero-order valence-electron chi connectivity index (χ0n) is 14.8. The smallest absolute Gasteiger partial charge is 0.251 e. The molecule has 2 aromatic rings. The number of aryl methyl sites for hydroxylation is 1. The van der Waals surface area contributed by atoms with Crippen molar-refractivity contribution in [3.8, 4) is 0 Å². The zero-order chi connectivity index (χ0) is 18.1. The molecule has 0 saturated carbocycles. The number of carbonyl (C=O) groups is 1. The minimum atomic E-state index is -0.116. The number of halogens is 2. The second kappa shape index (κ2) is 12.1. The number of hydrogen-bond donors (Lipinski definition) is 3. The van der Waals surface area contributed by atoms with Crippen molar-refractivity contribution >= 4 is 58.8 Å². The maximum absolute atomic E-state index is 12.0. The number of guanidine groups is 1. The van der Waals surface area contributed by atoms with E-state index >= 15 is 0 Å². The average Bonchev–Trinajstić information content (AvgIpc) is 3.02. The van der Waals surface area contributed by atoms with E-state index in [1.54, 1.807) is 35.6 Å². The number of nitrogens with one attached hydrogen (secondary N) is 3. The van der Waals surface area contributed by atoms with Crippen LogP contribution in [-0.4, -0.2) is 31.5 Å². The summed E-state index contributed by atoms with van der Waals surface area (Å²) in [6.45, 7) is 6.63. The maximum Gasteiger partial charge on any atom is 0.251 e. The van der Waals surface area contributed by atoms with Gasteiger partial charge in [0.15, 0.2) is 5.96 Å². The molecule has 0 aliphatic rings. The summed E-state index contributed by atoms with van der Waals surface area (Å²) in [5.74, 6) is 0.628. The van der Waals surface area contributed by atoms with Gasteiger partial charge < -0.3 is 16.0 Å². The van der Waals surface area contributed by atoms with Crippen LogP contribution in [0.3, 0.4) is 0 Å². The van der Waals surface area contributed by atoms with Gasteiger partial charge in [0.25, 0.3) is 5.91 Å². The van der Waals surface area contributed by atoms with E-state index in [1.165, 1.54) is 9.75 Å². The van der Waals surface area contributed by atoms with Crippen LogP contribution in [0.4, 0.5) is 0 Å². The van der Waals surface area contributed by atoms with Crippen LogP contribution in [0.25, 0.3) is 0 Å². The lowest BCUT2D eigenvalue weighted by molar-refractivity contribution is 0.0954. The molecule has 3 N–H and O–H groups in total. The van der Waals surface area contributed by atoms with Gasteiger partial charge in [-0.1, -0.05) is 11.6 Å². The zero-order valence-corrected chi connectivity index (χ0v) is 18.7. The number of rotatable bonds is 7. The molecule has 8 heteroatoms. The van der Waals surface area contributed by atoms with Crippen LogP contribution < -0.4 is 16.0 Å². The van der Waals surface area contributed by atoms with Gasteiger partial charge in [-0.3, -0.25) is 4.79 Å². The number of carbonyl (C=O) groups excluding carboxylic acids is 1. The Bertz CT molecular complexity index is 718. The van der Waals surface area contributed by atoms with E-state index in [9.17, 15) is 4.79 Å². The molecule has 0 aliphatic carbocycles. The van der Waals surface area contributed by atoms with Crippen molar-refractivity contribution < 1.29 is 4.79 Å². The standard InChI is InChI=1S/C18H23ClN4OS.HI/c1-3-20-18(23-12-16-9-4-13(2)25-16)22-11-10-21-17(24)14-5-7-15(19)8-6-14;/h4-9H,3,10-12H2,1-2H3,(H,21,24)(H2,20,22,23);1H. The van der Waals surface area contributed by atoms with E-state index in [0.717, 1.165) is 12.5 Å². The molecule has 0 spiro atoms. The quantitative estimate of drug-likeness (QED) is 0.232. The Kier molecular flexibility index (Phi) is 10.6. The molecule has 0 fully saturated rings. The number of benzene rings is 1. The van der Waals surface area contributed by atoms with Crippen molar-refractivity contribution in [1.82, 2.24) is 16.0 Å². The van der Waals surface area contributed by atoms with Gasteiger partial charge in [0.2, 0.25) is 0 Å². The Labute approximate surface area is 180 Å². The Hall–Kier alpha value is -1.32. The van der Waals surface area contributed by atoms with Crippen molar-refractivity contribution in [1.29, 1.82) is 0 Å². The third kappa shape index (κ3) is 7.92. The average molecular weight is 507 g/mol. The van der Waals surface area contributed by atoms with Crippen LogP contribution in [-0.2, 0) is 6.54 Å². The summed E-state index contributed by atoms with van der Waals surface area (Å²) in [6, 6.07) is 11.0. The SMILES string of the molecule is CCNC(=NCc1ccc(C)s1)NCCNC(=O)c1ccc(Cl)cc1.I. The van der Waals surface area contributed by atoms with Gasteiger partial charge in [0.1, 0.15) is 0 Å². The van der Waals surface area contributed by atoms with E-state index in [4.69, 9.17) is 11.6 Å². The third-order valence-electron chi connectivity index (χ3n) is 3.34. The molecule has 0 unspecified atom stereocenters. The van der Waals surface area contributed by atoms with Crippen LogP contribution in [0.15, 0.2) is 41.4 Å². The summed E-state index contributed by atoms with van der Waals surface area (Å²) in [5.41, 5.74) is 0.595. The lowest BCUT2D eigenvalue weighted by Crippen LogP contribution is -2.41. The lowest BCUT2D eigenvalue weighted by Gasteiger charge is -2.11. The summed E-state index contributed by atoms with van der Waals surface area (Å²) in [6.07, 6.45) is 0. The highest BCUT2D eigenvalue weighted by molar-refractivity contribution is 14.0. The Balaban J connectivity index is 0.00000338. The molecule has 0 atom stereocenters. The molecule has 0 bridgehead atoms. The highest BCUT2D eigenvalue weighted by atomic mass is 127. The van der Waals surface area contributed by atoms with E-state index in [0.29, 0.717) is 30.2 Å². The topological polar surface area (TPSA) is 65.5 Å². The molecule has 0 radical (unpaired) electrons. The maximum atomic E-state index is 12.0. The van der Waals surface area contributed by atoms with Gasteiger partial charge in [-0.05, 0) is 50.2 Å². The first-order chi connectivity index (χ1) is 12.1. The minimum Gasteiger partial charge on any atom is -0.357 e. The molecule has 0 aliphatic heterocycles. The van der Waals surface area contributed by atoms with Crippen LogP contribution in [0.5, 0.6) is 0 Å². The Morgan fingerprint density at radius 3 is 2.38 bits per heavy atom. The van der Waals surface area contributed by atoms with Gasteiger partial charge in [-0.15, -0.1) is 35.3 Å². The number of amides is 1. The van der Waals surface area contributed by atoms with E-state index < -0.39 is 0 Å². The van der Waals surface area contributed by atoms with Crippen LogP contribution in [0.1, 0.15) is 27.0 Å². The van der Waals surface area contributed by atoms with Crippen molar-refractivity contribution in [3.63, 3.8) is 0 Å². The van der Waals surface area contributed by atoms with E-state index in [-0.39, 0.29) is 29.9 Å². The molecular formula is C18H24ClIN4OS. The molecule has 0 saturated heterocycles. The van der Waals surface area contributed by atoms with Crippen LogP contribution in [0.2, 0.25) is 5.02 Å². The predicted molar refractivity (Wildman–Crippen MR) is 121 cm³/mol. The monoisotopic (exact) mass is 506 g/mol. The largest absolute Gasteiger partial charge is 0.357 e. The third-order valence-corrected chi connectivity index (χ3v) is 4.58. The minimum absolute atomic E-state index is 0. The molecule has 26 heavy (non-hydrogen) atoms. The lowest BCUT2D eigenvalue weighted by atomic mass is 10.2. The van der Waals surface area contributed by atoms with Gasteiger partial charge in [0.05, 0.1) is 6.54 Å². The van der Waals surface area contributed by atoms with Gasteiger partial charge in [-0.2, -0.15) is 0 Å². The van der Waals surface area contributed by atoms with Gasteiger partial charge in [0, 0.05) is 40.0 Å². The fraction of sp³-hybridized carbons (Fsp3) is 0.333. The predicted octanol–water partition coefficient (Wildman–Crippen LogP) is 3.81. The molecule has 1 amide bonds. The number of nitrogens with zero attached hydrogens (tertiary/aromatic N) is 1. The first-order valence-electron chi connectivity index (χ1n) is 8.19. The molecular weight excluding hydrogens is 483 g/mol. The summed E-state index contributed by atoms with van der Waals surface area (Å²) in [7, 11) is 0. The first kappa shape index (κ1) is 22.7. The summed E-state index contributed by atoms with van der Waals surface area (Å²) in [4.78, 5) is 19.1. The van der Waals surface area contributed by atoms with Gasteiger partial charge >= 0.3 is 0 Å². The number of hydrogen-bond acceptors (Lipinski definition) is 3. The van der Waals surface area contributed by atoms with Crippen molar-refractivity contribution in [3.05, 3.63) is 56.7 Å². The summed E-state index contributed by atoms with van der Waals surface area (Å²) >= 11 is 7.57. The Morgan fingerprint density at radius 1 is 1.08 bits per heavy atom. The van der Waals surface area contributed by atoms with Crippen molar-refractivity contribution in [2.75, 3.05) is 19.6 Å². The van der Waals surface area contributed by atoms with E-state index in [2.05, 4.69) is 40.0 Å². The Morgan fingerprint density at radius 2 is 1.77 bits per heavy atom. The van der Waals surface area contributed by atoms with Crippen molar-refractivity contribution in [2.24, 2.45) is 4.99 Å². The number of thiophene rings is 1. The van der Waals surface area contributed by atoms with Crippen LogP contribution >= 0.6 is 46.9 Å². The fourth-order valence-corrected chi connectivity index (χ4v) is 3.07. The highest BCUT2D eigenvalue weighted by Gasteiger charge is 2.04. The molecule has 1 aromatic carbocycles. The van der Waals surface area contributed by atoms with Crippen LogP contribution in [0, 0.1) is 6.92 Å². The second-order valence-electron chi connectivity index (χ2n) is 5.40. The molecule has 2 rings (SSSR count). The first-order valence-corrected chi connectivity index (χ1v) is 9.39. The normalized spacial score (nSPS) is 10.8.